The monoisotopic (exact) mass is 288 g/mol. The van der Waals surface area contributed by atoms with E-state index in [0.717, 1.165) is 12.8 Å². The lowest BCUT2D eigenvalue weighted by Gasteiger charge is -2.33. The van der Waals surface area contributed by atoms with Gasteiger partial charge in [-0.15, -0.1) is 0 Å². The van der Waals surface area contributed by atoms with Crippen molar-refractivity contribution in [1.29, 1.82) is 0 Å². The first kappa shape index (κ1) is 15.1. The first-order chi connectivity index (χ1) is 9.43. The SMILES string of the molecule is CN(c1ccc(CN)c(C(F)(F)F)c1)C1CCOCC1. The second-order valence-corrected chi connectivity index (χ2v) is 5.00. The van der Waals surface area contributed by atoms with Crippen molar-refractivity contribution in [1.82, 2.24) is 0 Å². The van der Waals surface area contributed by atoms with Crippen LogP contribution >= 0.6 is 0 Å². The van der Waals surface area contributed by atoms with E-state index >= 15 is 0 Å². The average Bonchev–Trinajstić information content (AvgIpc) is 2.46. The molecule has 2 rings (SSSR count). The molecule has 0 spiro atoms. The van der Waals surface area contributed by atoms with Crippen LogP contribution in [0.15, 0.2) is 18.2 Å². The molecular formula is C14H19F3N2O. The van der Waals surface area contributed by atoms with E-state index in [-0.39, 0.29) is 18.2 Å². The Morgan fingerprint density at radius 3 is 2.50 bits per heavy atom. The predicted molar refractivity (Wildman–Crippen MR) is 71.6 cm³/mol. The van der Waals surface area contributed by atoms with Gasteiger partial charge in [0.25, 0.3) is 0 Å². The zero-order valence-electron chi connectivity index (χ0n) is 11.4. The Morgan fingerprint density at radius 2 is 1.95 bits per heavy atom. The molecule has 0 saturated carbocycles. The molecule has 0 amide bonds. The van der Waals surface area contributed by atoms with E-state index in [1.54, 1.807) is 6.07 Å². The van der Waals surface area contributed by atoms with Gasteiger partial charge in [-0.25, -0.2) is 0 Å². The zero-order valence-corrected chi connectivity index (χ0v) is 11.4. The van der Waals surface area contributed by atoms with Gasteiger partial charge in [-0.1, -0.05) is 6.07 Å². The highest BCUT2D eigenvalue weighted by Crippen LogP contribution is 2.35. The van der Waals surface area contributed by atoms with E-state index in [9.17, 15) is 13.2 Å². The van der Waals surface area contributed by atoms with E-state index in [1.165, 1.54) is 12.1 Å². The summed E-state index contributed by atoms with van der Waals surface area (Å²) in [6.45, 7) is 1.19. The molecule has 1 aromatic rings. The van der Waals surface area contributed by atoms with Crippen LogP contribution in [-0.2, 0) is 17.5 Å². The average molecular weight is 288 g/mol. The van der Waals surface area contributed by atoms with Gasteiger partial charge in [0, 0.05) is 38.5 Å². The van der Waals surface area contributed by atoms with Crippen LogP contribution in [0.25, 0.3) is 0 Å². The summed E-state index contributed by atoms with van der Waals surface area (Å²) in [6, 6.07) is 4.58. The summed E-state index contributed by atoms with van der Waals surface area (Å²) in [5.41, 5.74) is 5.44. The lowest BCUT2D eigenvalue weighted by molar-refractivity contribution is -0.138. The van der Waals surface area contributed by atoms with E-state index in [4.69, 9.17) is 10.5 Å². The summed E-state index contributed by atoms with van der Waals surface area (Å²) in [5.74, 6) is 0. The number of benzene rings is 1. The van der Waals surface area contributed by atoms with E-state index in [1.807, 2.05) is 11.9 Å². The number of alkyl halides is 3. The minimum atomic E-state index is -4.37. The third kappa shape index (κ3) is 3.24. The van der Waals surface area contributed by atoms with Gasteiger partial charge in [0.1, 0.15) is 0 Å². The normalized spacial score (nSPS) is 17.2. The molecule has 20 heavy (non-hydrogen) atoms. The first-order valence-corrected chi connectivity index (χ1v) is 6.64. The van der Waals surface area contributed by atoms with E-state index < -0.39 is 11.7 Å². The van der Waals surface area contributed by atoms with Gasteiger partial charge >= 0.3 is 6.18 Å². The quantitative estimate of drug-likeness (QED) is 0.929. The molecule has 0 aliphatic carbocycles. The fourth-order valence-corrected chi connectivity index (χ4v) is 2.51. The summed E-state index contributed by atoms with van der Waals surface area (Å²) in [7, 11) is 1.83. The molecule has 0 bridgehead atoms. The van der Waals surface area contributed by atoms with Crippen LogP contribution < -0.4 is 10.6 Å². The van der Waals surface area contributed by atoms with Gasteiger partial charge in [0.2, 0.25) is 0 Å². The van der Waals surface area contributed by atoms with Crippen LogP contribution in [0.2, 0.25) is 0 Å². The summed E-state index contributed by atoms with van der Waals surface area (Å²) in [5, 5.41) is 0. The minimum Gasteiger partial charge on any atom is -0.381 e. The molecule has 1 fully saturated rings. The highest BCUT2D eigenvalue weighted by molar-refractivity contribution is 5.52. The lowest BCUT2D eigenvalue weighted by atomic mass is 10.0. The maximum atomic E-state index is 13.0. The Labute approximate surface area is 116 Å². The molecule has 0 atom stereocenters. The standard InChI is InChI=1S/C14H19F3N2O/c1-19(11-4-6-20-7-5-11)12-3-2-10(9-18)13(8-12)14(15,16)17/h2-3,8,11H,4-7,9,18H2,1H3. The highest BCUT2D eigenvalue weighted by atomic mass is 19.4. The van der Waals surface area contributed by atoms with Crippen molar-refractivity contribution in [2.75, 3.05) is 25.2 Å². The fraction of sp³-hybridized carbons (Fsp3) is 0.571. The topological polar surface area (TPSA) is 38.5 Å². The van der Waals surface area contributed by atoms with Gasteiger partial charge in [-0.05, 0) is 30.5 Å². The number of halogens is 3. The zero-order chi connectivity index (χ0) is 14.8. The molecule has 1 aromatic carbocycles. The van der Waals surface area contributed by atoms with Crippen LogP contribution in [0, 0.1) is 0 Å². The third-order valence-corrected chi connectivity index (χ3v) is 3.76. The molecule has 0 unspecified atom stereocenters. The molecular weight excluding hydrogens is 269 g/mol. The molecule has 6 heteroatoms. The molecule has 1 aliphatic rings. The fourth-order valence-electron chi connectivity index (χ4n) is 2.51. The second kappa shape index (κ2) is 6.01. The van der Waals surface area contributed by atoms with Crippen molar-refractivity contribution < 1.29 is 17.9 Å². The number of rotatable bonds is 3. The second-order valence-electron chi connectivity index (χ2n) is 5.00. The van der Waals surface area contributed by atoms with Crippen molar-refractivity contribution in [2.45, 2.75) is 31.6 Å². The van der Waals surface area contributed by atoms with Gasteiger partial charge in [0.05, 0.1) is 5.56 Å². The van der Waals surface area contributed by atoms with Crippen molar-refractivity contribution in [3.05, 3.63) is 29.3 Å². The summed E-state index contributed by atoms with van der Waals surface area (Å²) in [4.78, 5) is 1.90. The lowest BCUT2D eigenvalue weighted by Crippen LogP contribution is -2.36. The number of hydrogen-bond acceptors (Lipinski definition) is 3. The Kier molecular flexibility index (Phi) is 4.55. The van der Waals surface area contributed by atoms with Crippen LogP contribution in [0.1, 0.15) is 24.0 Å². The largest absolute Gasteiger partial charge is 0.416 e. The molecule has 0 radical (unpaired) electrons. The number of ether oxygens (including phenoxy) is 1. The number of anilines is 1. The van der Waals surface area contributed by atoms with Gasteiger partial charge in [-0.3, -0.25) is 0 Å². The molecule has 1 aliphatic heterocycles. The number of nitrogens with two attached hydrogens (primary N) is 1. The first-order valence-electron chi connectivity index (χ1n) is 6.64. The molecule has 112 valence electrons. The van der Waals surface area contributed by atoms with Gasteiger partial charge in [-0.2, -0.15) is 13.2 Å². The van der Waals surface area contributed by atoms with E-state index in [0.29, 0.717) is 18.9 Å². The van der Waals surface area contributed by atoms with Crippen molar-refractivity contribution in [3.8, 4) is 0 Å². The molecule has 0 aromatic heterocycles. The highest BCUT2D eigenvalue weighted by Gasteiger charge is 2.33. The minimum absolute atomic E-state index is 0.115. The summed E-state index contributed by atoms with van der Waals surface area (Å²) in [6.07, 6.45) is -2.71. The maximum Gasteiger partial charge on any atom is 0.416 e. The maximum absolute atomic E-state index is 13.0. The van der Waals surface area contributed by atoms with E-state index in [2.05, 4.69) is 0 Å². The van der Waals surface area contributed by atoms with Crippen molar-refractivity contribution in [3.63, 3.8) is 0 Å². The van der Waals surface area contributed by atoms with Crippen LogP contribution in [0.3, 0.4) is 0 Å². The van der Waals surface area contributed by atoms with Gasteiger partial charge < -0.3 is 15.4 Å². The van der Waals surface area contributed by atoms with Gasteiger partial charge in [0.15, 0.2) is 0 Å². The van der Waals surface area contributed by atoms with Crippen molar-refractivity contribution in [2.24, 2.45) is 5.73 Å². The summed E-state index contributed by atoms with van der Waals surface area (Å²) >= 11 is 0. The smallest absolute Gasteiger partial charge is 0.381 e. The molecule has 3 nitrogen and oxygen atoms in total. The summed E-state index contributed by atoms with van der Waals surface area (Å²) < 4.78 is 44.4. The Bertz CT molecular complexity index is 456. The number of hydrogen-bond donors (Lipinski definition) is 1. The number of nitrogens with zero attached hydrogens (tertiary/aromatic N) is 1. The Balaban J connectivity index is 2.28. The van der Waals surface area contributed by atoms with Crippen LogP contribution in [-0.4, -0.2) is 26.3 Å². The van der Waals surface area contributed by atoms with Crippen molar-refractivity contribution >= 4 is 5.69 Å². The predicted octanol–water partition coefficient (Wildman–Crippen LogP) is 2.78. The Morgan fingerprint density at radius 1 is 1.30 bits per heavy atom. The van der Waals surface area contributed by atoms with Crippen LogP contribution in [0.5, 0.6) is 0 Å². The van der Waals surface area contributed by atoms with Crippen LogP contribution in [0.4, 0.5) is 18.9 Å². The molecule has 1 saturated heterocycles. The molecule has 1 heterocycles. The molecule has 2 N–H and O–H groups in total. The Hall–Kier alpha value is -1.27. The third-order valence-electron chi connectivity index (χ3n) is 3.76.